The molecule has 0 radical (unpaired) electrons. The third-order valence-electron chi connectivity index (χ3n) is 6.26. The molecule has 0 atom stereocenters. The van der Waals surface area contributed by atoms with Gasteiger partial charge in [0.2, 0.25) is 5.91 Å². The van der Waals surface area contributed by atoms with Crippen molar-refractivity contribution in [2.24, 2.45) is 0 Å². The zero-order chi connectivity index (χ0) is 24.5. The van der Waals surface area contributed by atoms with E-state index in [0.29, 0.717) is 12.1 Å². The zero-order valence-corrected chi connectivity index (χ0v) is 20.5. The quantitative estimate of drug-likeness (QED) is 0.223. The van der Waals surface area contributed by atoms with Gasteiger partial charge < -0.3 is 10.3 Å². The fourth-order valence-electron chi connectivity index (χ4n) is 4.43. The molecule has 0 saturated heterocycles. The lowest BCUT2D eigenvalue weighted by atomic mass is 10.0. The maximum absolute atomic E-state index is 12.2. The zero-order valence-electron chi connectivity index (χ0n) is 19.7. The van der Waals surface area contributed by atoms with Gasteiger partial charge in [-0.3, -0.25) is 19.9 Å². The highest BCUT2D eigenvalue weighted by atomic mass is 32.1. The van der Waals surface area contributed by atoms with Crippen molar-refractivity contribution in [3.63, 3.8) is 0 Å². The van der Waals surface area contributed by atoms with Crippen molar-refractivity contribution in [3.8, 4) is 33.0 Å². The molecule has 0 saturated carbocycles. The number of anilines is 1. The van der Waals surface area contributed by atoms with Gasteiger partial charge in [-0.25, -0.2) is 0 Å². The van der Waals surface area contributed by atoms with E-state index in [1.165, 1.54) is 4.88 Å². The first kappa shape index (κ1) is 22.2. The van der Waals surface area contributed by atoms with Crippen LogP contribution in [-0.4, -0.2) is 31.1 Å². The van der Waals surface area contributed by atoms with Crippen molar-refractivity contribution in [2.75, 3.05) is 5.32 Å². The summed E-state index contributed by atoms with van der Waals surface area (Å²) in [6.45, 7) is 2.07. The molecular weight excluding hydrogens is 468 g/mol. The van der Waals surface area contributed by atoms with Crippen LogP contribution in [0, 0.1) is 0 Å². The van der Waals surface area contributed by atoms with E-state index in [0.717, 1.165) is 62.7 Å². The average molecular weight is 493 g/mol. The summed E-state index contributed by atoms with van der Waals surface area (Å²) in [6.07, 6.45) is 9.62. The number of fused-ring (bicyclic) bond motifs is 2. The van der Waals surface area contributed by atoms with Crippen molar-refractivity contribution < 1.29 is 4.79 Å². The van der Waals surface area contributed by atoms with Gasteiger partial charge in [0.05, 0.1) is 34.8 Å². The molecule has 5 aromatic heterocycles. The molecule has 5 heterocycles. The number of amides is 1. The fourth-order valence-corrected chi connectivity index (χ4v) is 5.18. The third kappa shape index (κ3) is 4.16. The van der Waals surface area contributed by atoms with Crippen LogP contribution in [0.1, 0.15) is 26.2 Å². The first-order chi connectivity index (χ1) is 17.7. The molecule has 7 nitrogen and oxygen atoms in total. The second-order valence-corrected chi connectivity index (χ2v) is 9.70. The number of pyridine rings is 2. The lowest BCUT2D eigenvalue weighted by Gasteiger charge is -2.07. The number of rotatable bonds is 7. The molecular formula is C28H24N6OS. The molecule has 0 fully saturated rings. The minimum Gasteiger partial charge on any atom is -0.352 e. The van der Waals surface area contributed by atoms with E-state index >= 15 is 0 Å². The number of hydrogen-bond acceptors (Lipinski definition) is 5. The van der Waals surface area contributed by atoms with Crippen LogP contribution >= 0.6 is 11.3 Å². The maximum Gasteiger partial charge on any atom is 0.224 e. The number of nitrogens with one attached hydrogen (secondary N) is 3. The van der Waals surface area contributed by atoms with Gasteiger partial charge in [-0.05, 0) is 47.7 Å². The van der Waals surface area contributed by atoms with Crippen LogP contribution < -0.4 is 5.32 Å². The number of benzene rings is 1. The molecule has 0 aliphatic carbocycles. The Bertz CT molecular complexity index is 1680. The highest BCUT2D eigenvalue weighted by Crippen LogP contribution is 2.36. The molecule has 36 heavy (non-hydrogen) atoms. The van der Waals surface area contributed by atoms with Gasteiger partial charge >= 0.3 is 0 Å². The molecule has 1 aromatic carbocycles. The predicted octanol–water partition coefficient (Wildman–Crippen LogP) is 7.03. The number of nitrogens with zero attached hydrogens (tertiary/aromatic N) is 3. The molecule has 0 unspecified atom stereocenters. The number of carbonyl (C=O) groups is 1. The van der Waals surface area contributed by atoms with E-state index in [4.69, 9.17) is 0 Å². The van der Waals surface area contributed by atoms with Crippen molar-refractivity contribution >= 4 is 44.7 Å². The number of hydrogen-bond donors (Lipinski definition) is 3. The molecule has 0 aliphatic heterocycles. The van der Waals surface area contributed by atoms with Gasteiger partial charge in [0.1, 0.15) is 5.69 Å². The van der Waals surface area contributed by atoms with Crippen molar-refractivity contribution in [1.82, 2.24) is 25.1 Å². The minimum absolute atomic E-state index is 0.0126. The number of thiophene rings is 1. The molecule has 6 rings (SSSR count). The Labute approximate surface area is 211 Å². The summed E-state index contributed by atoms with van der Waals surface area (Å²) in [5.74, 6) is 0.0126. The first-order valence-electron chi connectivity index (χ1n) is 11.9. The summed E-state index contributed by atoms with van der Waals surface area (Å²) in [6, 6.07) is 14.4. The number of H-pyrrole nitrogens is 2. The molecule has 1 amide bonds. The van der Waals surface area contributed by atoms with E-state index in [2.05, 4.69) is 67.0 Å². The predicted molar refractivity (Wildman–Crippen MR) is 146 cm³/mol. The van der Waals surface area contributed by atoms with Crippen LogP contribution in [0.15, 0.2) is 72.6 Å². The second-order valence-electron chi connectivity index (χ2n) is 8.76. The Hall–Kier alpha value is -4.30. The topological polar surface area (TPSA) is 99.3 Å². The van der Waals surface area contributed by atoms with E-state index in [1.54, 1.807) is 17.5 Å². The highest BCUT2D eigenvalue weighted by molar-refractivity contribution is 7.13. The molecule has 3 N–H and O–H groups in total. The Balaban J connectivity index is 1.37. The van der Waals surface area contributed by atoms with Crippen molar-refractivity contribution in [1.29, 1.82) is 0 Å². The number of unbranched alkanes of at least 4 members (excludes halogenated alkanes) is 1. The molecule has 0 spiro atoms. The Morgan fingerprint density at radius 2 is 1.89 bits per heavy atom. The number of carbonyl (C=O) groups excluding carboxylic acids is 1. The van der Waals surface area contributed by atoms with Gasteiger partial charge in [0.15, 0.2) is 0 Å². The molecule has 8 heteroatoms. The maximum atomic E-state index is 12.2. The van der Waals surface area contributed by atoms with Gasteiger partial charge in [-0.1, -0.05) is 25.5 Å². The highest BCUT2D eigenvalue weighted by Gasteiger charge is 2.15. The monoisotopic (exact) mass is 492 g/mol. The normalized spacial score (nSPS) is 11.4. The summed E-state index contributed by atoms with van der Waals surface area (Å²) >= 11 is 1.70. The van der Waals surface area contributed by atoms with Gasteiger partial charge in [0.25, 0.3) is 0 Å². The number of aromatic nitrogens is 5. The second kappa shape index (κ2) is 9.39. The van der Waals surface area contributed by atoms with E-state index in [-0.39, 0.29) is 5.91 Å². The summed E-state index contributed by atoms with van der Waals surface area (Å²) < 4.78 is 0. The van der Waals surface area contributed by atoms with E-state index < -0.39 is 0 Å². The van der Waals surface area contributed by atoms with Crippen LogP contribution in [0.4, 0.5) is 5.69 Å². The fraction of sp³-hybridized carbons (Fsp3) is 0.143. The third-order valence-corrected chi connectivity index (χ3v) is 7.17. The van der Waals surface area contributed by atoms with Crippen LogP contribution in [-0.2, 0) is 4.79 Å². The summed E-state index contributed by atoms with van der Waals surface area (Å²) in [7, 11) is 0. The van der Waals surface area contributed by atoms with Gasteiger partial charge in [-0.2, -0.15) is 5.10 Å². The van der Waals surface area contributed by atoms with Crippen molar-refractivity contribution in [3.05, 3.63) is 72.6 Å². The van der Waals surface area contributed by atoms with Gasteiger partial charge in [0, 0.05) is 45.6 Å². The Morgan fingerprint density at radius 3 is 2.75 bits per heavy atom. The average Bonchev–Trinajstić information content (AvgIpc) is 3.66. The Kier molecular flexibility index (Phi) is 5.79. The molecule has 0 aliphatic rings. The summed E-state index contributed by atoms with van der Waals surface area (Å²) in [5.41, 5.74) is 7.42. The SMILES string of the molecule is CCCCC(=O)Nc1cncc(-c2ccc3[nH]nc(-c4cc5c(-c6cccs6)cncc5[nH]4)c3c2)c1. The van der Waals surface area contributed by atoms with Crippen LogP contribution in [0.25, 0.3) is 54.8 Å². The minimum atomic E-state index is 0.0126. The smallest absolute Gasteiger partial charge is 0.224 e. The summed E-state index contributed by atoms with van der Waals surface area (Å²) in [5, 5.41) is 14.9. The lowest BCUT2D eigenvalue weighted by Crippen LogP contribution is -2.11. The van der Waals surface area contributed by atoms with Crippen LogP contribution in [0.3, 0.4) is 0 Å². The number of aromatic amines is 2. The first-order valence-corrected chi connectivity index (χ1v) is 12.8. The lowest BCUT2D eigenvalue weighted by molar-refractivity contribution is -0.116. The van der Waals surface area contributed by atoms with Crippen LogP contribution in [0.2, 0.25) is 0 Å². The standard InChI is InChI=1S/C28H24N6OS/c1-2-3-6-27(35)31-19-10-18(13-29-14-19)17-7-8-23-21(11-17)28(34-33-23)24-12-20-22(26-5-4-9-36-26)15-30-16-25(20)32-24/h4-5,7-16,32H,2-3,6H2,1H3,(H,31,35)(H,33,34). The van der Waals surface area contributed by atoms with Crippen LogP contribution in [0.5, 0.6) is 0 Å². The summed E-state index contributed by atoms with van der Waals surface area (Å²) in [4.78, 5) is 25.6. The Morgan fingerprint density at radius 1 is 0.972 bits per heavy atom. The van der Waals surface area contributed by atoms with E-state index in [1.807, 2.05) is 36.8 Å². The molecule has 0 bridgehead atoms. The molecule has 178 valence electrons. The van der Waals surface area contributed by atoms with Crippen molar-refractivity contribution in [2.45, 2.75) is 26.2 Å². The molecule has 6 aromatic rings. The van der Waals surface area contributed by atoms with E-state index in [9.17, 15) is 4.79 Å². The largest absolute Gasteiger partial charge is 0.352 e. The van der Waals surface area contributed by atoms with Gasteiger partial charge in [-0.15, -0.1) is 11.3 Å².